The van der Waals surface area contributed by atoms with Crippen molar-refractivity contribution in [2.75, 3.05) is 11.9 Å². The van der Waals surface area contributed by atoms with Gasteiger partial charge in [-0.15, -0.1) is 0 Å². The second-order valence-corrected chi connectivity index (χ2v) is 8.66. The van der Waals surface area contributed by atoms with Crippen LogP contribution in [0, 0.1) is 12.7 Å². The summed E-state index contributed by atoms with van der Waals surface area (Å²) in [7, 11) is -3.84. The molecule has 3 N–H and O–H groups in total. The molecule has 172 valence electrons. The van der Waals surface area contributed by atoms with Crippen LogP contribution in [0.3, 0.4) is 0 Å². The predicted octanol–water partition coefficient (Wildman–Crippen LogP) is 2.82. The predicted molar refractivity (Wildman–Crippen MR) is 120 cm³/mol. The van der Waals surface area contributed by atoms with E-state index in [9.17, 15) is 22.4 Å². The molecule has 1 heterocycles. The first-order chi connectivity index (χ1) is 15.5. The Hall–Kier alpha value is -3.54. The first kappa shape index (κ1) is 24.1. The fourth-order valence-corrected chi connectivity index (χ4v) is 3.57. The van der Waals surface area contributed by atoms with Crippen LogP contribution in [0.1, 0.15) is 11.3 Å². The van der Waals surface area contributed by atoms with E-state index in [0.29, 0.717) is 22.6 Å². The number of sulfonamides is 1. The van der Waals surface area contributed by atoms with Gasteiger partial charge in [-0.25, -0.2) is 27.4 Å². The largest absolute Gasteiger partial charge is 0.452 e. The van der Waals surface area contributed by atoms with Crippen molar-refractivity contribution in [3.63, 3.8) is 0 Å². The summed E-state index contributed by atoms with van der Waals surface area (Å²) in [6.07, 6.45) is 2.50. The van der Waals surface area contributed by atoms with Gasteiger partial charge in [-0.1, -0.05) is 11.6 Å². The zero-order valence-corrected chi connectivity index (χ0v) is 18.7. The van der Waals surface area contributed by atoms with Crippen LogP contribution in [-0.4, -0.2) is 36.7 Å². The average Bonchev–Trinajstić information content (AvgIpc) is 3.04. The van der Waals surface area contributed by atoms with Gasteiger partial charge in [0.2, 0.25) is 10.0 Å². The molecule has 9 nitrogen and oxygen atoms in total. The van der Waals surface area contributed by atoms with E-state index < -0.39 is 34.3 Å². The Morgan fingerprint density at radius 1 is 1.18 bits per heavy atom. The SMILES string of the molecule is Cc1nn(-c2ccc(F)cc2)c(Cl)c1/C=C/C(=O)OCC(=O)Nc1ccc(S(N)(=O)=O)cc1. The smallest absolute Gasteiger partial charge is 0.331 e. The van der Waals surface area contributed by atoms with E-state index >= 15 is 0 Å². The summed E-state index contributed by atoms with van der Waals surface area (Å²) in [4.78, 5) is 23.8. The Morgan fingerprint density at radius 2 is 1.82 bits per heavy atom. The molecule has 3 aromatic rings. The molecule has 0 aliphatic heterocycles. The summed E-state index contributed by atoms with van der Waals surface area (Å²) < 4.78 is 41.9. The first-order valence-electron chi connectivity index (χ1n) is 9.33. The third-order valence-electron chi connectivity index (χ3n) is 4.32. The second kappa shape index (κ2) is 9.94. The number of benzene rings is 2. The van der Waals surface area contributed by atoms with Gasteiger partial charge in [-0.05, 0) is 61.5 Å². The van der Waals surface area contributed by atoms with Gasteiger partial charge in [0.25, 0.3) is 5.91 Å². The molecule has 1 amide bonds. The molecule has 0 atom stereocenters. The van der Waals surface area contributed by atoms with Crippen LogP contribution in [0.4, 0.5) is 10.1 Å². The maximum atomic E-state index is 13.1. The van der Waals surface area contributed by atoms with Crippen LogP contribution in [0.15, 0.2) is 59.5 Å². The Kier molecular flexibility index (Phi) is 7.26. The quantitative estimate of drug-likeness (QED) is 0.385. The molecule has 2 aromatic carbocycles. The number of primary sulfonamides is 1. The molecular formula is C21H18ClFN4O5S. The molecule has 0 bridgehead atoms. The van der Waals surface area contributed by atoms with E-state index in [1.54, 1.807) is 6.92 Å². The topological polar surface area (TPSA) is 133 Å². The van der Waals surface area contributed by atoms with Crippen LogP contribution < -0.4 is 10.5 Å². The van der Waals surface area contributed by atoms with Gasteiger partial charge < -0.3 is 10.1 Å². The Bertz CT molecular complexity index is 1320. The van der Waals surface area contributed by atoms with Crippen LogP contribution in [-0.2, 0) is 24.3 Å². The van der Waals surface area contributed by atoms with Gasteiger partial charge >= 0.3 is 5.97 Å². The standard InChI is InChI=1S/C21H18ClFN4O5S/c1-13-18(21(22)27(26-13)16-6-2-14(23)3-7-16)10-11-20(29)32-12-19(28)25-15-4-8-17(9-5-15)33(24,30)31/h2-11H,12H2,1H3,(H,25,28)(H2,24,30,31)/b11-10+. The lowest BCUT2D eigenvalue weighted by Crippen LogP contribution is -2.20. The van der Waals surface area contributed by atoms with Crippen molar-refractivity contribution in [2.45, 2.75) is 11.8 Å². The number of aromatic nitrogens is 2. The highest BCUT2D eigenvalue weighted by atomic mass is 35.5. The van der Waals surface area contributed by atoms with Crippen LogP contribution in [0.5, 0.6) is 0 Å². The first-order valence-corrected chi connectivity index (χ1v) is 11.3. The number of ether oxygens (including phenoxy) is 1. The molecule has 0 aliphatic carbocycles. The van der Waals surface area contributed by atoms with Crippen molar-refractivity contribution in [3.05, 3.63) is 76.8 Å². The third kappa shape index (κ3) is 6.25. The zero-order chi connectivity index (χ0) is 24.2. The number of carbonyl (C=O) groups is 2. The van der Waals surface area contributed by atoms with Crippen molar-refractivity contribution in [2.24, 2.45) is 5.14 Å². The summed E-state index contributed by atoms with van der Waals surface area (Å²) >= 11 is 6.34. The average molecular weight is 493 g/mol. The number of halogens is 2. The summed E-state index contributed by atoms with van der Waals surface area (Å²) in [6.45, 7) is 1.12. The van der Waals surface area contributed by atoms with Crippen molar-refractivity contribution >= 4 is 45.3 Å². The van der Waals surface area contributed by atoms with E-state index in [-0.39, 0.29) is 10.0 Å². The number of nitrogens with one attached hydrogen (secondary N) is 1. The number of anilines is 1. The number of hydrogen-bond acceptors (Lipinski definition) is 6. The number of amides is 1. The molecular weight excluding hydrogens is 475 g/mol. The Morgan fingerprint density at radius 3 is 2.42 bits per heavy atom. The minimum atomic E-state index is -3.84. The van der Waals surface area contributed by atoms with Crippen molar-refractivity contribution in [1.82, 2.24) is 9.78 Å². The lowest BCUT2D eigenvalue weighted by Gasteiger charge is -2.06. The van der Waals surface area contributed by atoms with Gasteiger partial charge in [0, 0.05) is 17.3 Å². The highest BCUT2D eigenvalue weighted by Crippen LogP contribution is 2.25. The van der Waals surface area contributed by atoms with Gasteiger partial charge in [0.15, 0.2) is 6.61 Å². The Labute approximate surface area is 193 Å². The molecule has 0 saturated carbocycles. The number of rotatable bonds is 7. The van der Waals surface area contributed by atoms with E-state index in [2.05, 4.69) is 10.4 Å². The summed E-state index contributed by atoms with van der Waals surface area (Å²) in [5, 5.41) is 12.0. The molecule has 0 saturated heterocycles. The van der Waals surface area contributed by atoms with Crippen molar-refractivity contribution in [3.8, 4) is 5.69 Å². The van der Waals surface area contributed by atoms with Crippen LogP contribution in [0.2, 0.25) is 5.15 Å². The van der Waals surface area contributed by atoms with Crippen LogP contribution in [0.25, 0.3) is 11.8 Å². The van der Waals surface area contributed by atoms with Gasteiger partial charge in [-0.2, -0.15) is 5.10 Å². The molecule has 0 radical (unpaired) electrons. The molecule has 0 spiro atoms. The number of carbonyl (C=O) groups excluding carboxylic acids is 2. The number of nitrogens with zero attached hydrogens (tertiary/aromatic N) is 2. The van der Waals surface area contributed by atoms with E-state index in [1.807, 2.05) is 0 Å². The molecule has 3 rings (SSSR count). The van der Waals surface area contributed by atoms with E-state index in [4.69, 9.17) is 21.5 Å². The van der Waals surface area contributed by atoms with Crippen molar-refractivity contribution in [1.29, 1.82) is 0 Å². The fraction of sp³-hybridized carbons (Fsp3) is 0.0952. The van der Waals surface area contributed by atoms with Gasteiger partial charge in [-0.3, -0.25) is 4.79 Å². The number of hydrogen-bond donors (Lipinski definition) is 2. The van der Waals surface area contributed by atoms with Crippen LogP contribution >= 0.6 is 11.6 Å². The molecule has 1 aromatic heterocycles. The molecule has 0 fully saturated rings. The maximum Gasteiger partial charge on any atom is 0.331 e. The summed E-state index contributed by atoms with van der Waals surface area (Å²) in [6, 6.07) is 10.7. The number of esters is 1. The van der Waals surface area contributed by atoms with E-state index in [0.717, 1.165) is 6.08 Å². The highest BCUT2D eigenvalue weighted by Gasteiger charge is 2.14. The molecule has 0 unspecified atom stereocenters. The highest BCUT2D eigenvalue weighted by molar-refractivity contribution is 7.89. The third-order valence-corrected chi connectivity index (χ3v) is 5.61. The number of nitrogens with two attached hydrogens (primary N) is 1. The lowest BCUT2D eigenvalue weighted by atomic mass is 10.2. The maximum absolute atomic E-state index is 13.1. The van der Waals surface area contributed by atoms with Gasteiger partial charge in [0.05, 0.1) is 16.3 Å². The molecule has 33 heavy (non-hydrogen) atoms. The molecule has 12 heteroatoms. The number of aryl methyl sites for hydroxylation is 1. The minimum absolute atomic E-state index is 0.103. The van der Waals surface area contributed by atoms with Gasteiger partial charge in [0.1, 0.15) is 11.0 Å². The minimum Gasteiger partial charge on any atom is -0.452 e. The second-order valence-electron chi connectivity index (χ2n) is 6.74. The summed E-state index contributed by atoms with van der Waals surface area (Å²) in [5.41, 5.74) is 1.82. The normalized spacial score (nSPS) is 11.5. The molecule has 0 aliphatic rings. The van der Waals surface area contributed by atoms with E-state index in [1.165, 1.54) is 59.3 Å². The fourth-order valence-electron chi connectivity index (χ4n) is 2.72. The lowest BCUT2D eigenvalue weighted by molar-refractivity contribution is -0.142. The monoisotopic (exact) mass is 492 g/mol. The zero-order valence-electron chi connectivity index (χ0n) is 17.2. The Balaban J connectivity index is 1.58. The van der Waals surface area contributed by atoms with Crippen molar-refractivity contribution < 1.29 is 27.1 Å². The summed E-state index contributed by atoms with van der Waals surface area (Å²) in [5.74, 6) is -1.82.